The van der Waals surface area contributed by atoms with E-state index < -0.39 is 10.0 Å². The van der Waals surface area contributed by atoms with Crippen LogP contribution in [0.2, 0.25) is 0 Å². The topological polar surface area (TPSA) is 102 Å². The highest BCUT2D eigenvalue weighted by Crippen LogP contribution is 2.23. The van der Waals surface area contributed by atoms with Crippen LogP contribution in [-0.4, -0.2) is 25.1 Å². The van der Waals surface area contributed by atoms with Crippen molar-refractivity contribution in [3.63, 3.8) is 0 Å². The number of sulfonamides is 1. The van der Waals surface area contributed by atoms with Crippen LogP contribution in [0.15, 0.2) is 64.5 Å². The summed E-state index contributed by atoms with van der Waals surface area (Å²) in [6.07, 6.45) is 0. The molecule has 0 aliphatic carbocycles. The summed E-state index contributed by atoms with van der Waals surface area (Å²) in [4.78, 5) is 16.7. The first-order chi connectivity index (χ1) is 12.8. The van der Waals surface area contributed by atoms with Crippen molar-refractivity contribution in [1.82, 2.24) is 10.3 Å². The number of carbonyl (C=O) groups is 1. The van der Waals surface area contributed by atoms with Gasteiger partial charge < -0.3 is 5.32 Å². The molecule has 0 saturated heterocycles. The Hall–Kier alpha value is -2.42. The SMILES string of the molecule is Cc1cc(SCC(=O)NCc2ccc(S(N)(=O)=O)cc2)nc2ccccc12. The van der Waals surface area contributed by atoms with Gasteiger partial charge in [-0.2, -0.15) is 0 Å². The fourth-order valence-electron chi connectivity index (χ4n) is 2.58. The minimum atomic E-state index is -3.71. The van der Waals surface area contributed by atoms with Crippen molar-refractivity contribution in [3.8, 4) is 0 Å². The number of hydrogen-bond acceptors (Lipinski definition) is 5. The summed E-state index contributed by atoms with van der Waals surface area (Å²) in [6, 6.07) is 16.0. The first kappa shape index (κ1) is 19.3. The molecule has 6 nitrogen and oxygen atoms in total. The smallest absolute Gasteiger partial charge is 0.238 e. The van der Waals surface area contributed by atoms with Crippen LogP contribution >= 0.6 is 11.8 Å². The van der Waals surface area contributed by atoms with Crippen molar-refractivity contribution in [2.75, 3.05) is 5.75 Å². The molecule has 3 aromatic rings. The summed E-state index contributed by atoms with van der Waals surface area (Å²) in [5.74, 6) is 0.128. The van der Waals surface area contributed by atoms with Gasteiger partial charge in [-0.25, -0.2) is 18.5 Å². The number of benzene rings is 2. The Morgan fingerprint density at radius 3 is 2.56 bits per heavy atom. The van der Waals surface area contributed by atoms with E-state index >= 15 is 0 Å². The number of amides is 1. The summed E-state index contributed by atoms with van der Waals surface area (Å²) in [6.45, 7) is 2.34. The lowest BCUT2D eigenvalue weighted by molar-refractivity contribution is -0.118. The van der Waals surface area contributed by atoms with Crippen LogP contribution in [0, 0.1) is 6.92 Å². The van der Waals surface area contributed by atoms with Gasteiger partial charge in [-0.1, -0.05) is 42.1 Å². The zero-order chi connectivity index (χ0) is 19.4. The Kier molecular flexibility index (Phi) is 5.79. The van der Waals surface area contributed by atoms with Crippen LogP contribution in [0.4, 0.5) is 0 Å². The molecule has 0 aliphatic heterocycles. The molecule has 3 rings (SSSR count). The highest BCUT2D eigenvalue weighted by Gasteiger charge is 2.09. The van der Waals surface area contributed by atoms with E-state index in [1.807, 2.05) is 37.3 Å². The molecule has 0 radical (unpaired) electrons. The largest absolute Gasteiger partial charge is 0.351 e. The second-order valence-corrected chi connectivity index (χ2v) is 8.61. The highest BCUT2D eigenvalue weighted by atomic mass is 32.2. The molecule has 0 saturated carbocycles. The number of fused-ring (bicyclic) bond motifs is 1. The van der Waals surface area contributed by atoms with Gasteiger partial charge in [0.2, 0.25) is 15.9 Å². The van der Waals surface area contributed by atoms with E-state index in [4.69, 9.17) is 5.14 Å². The number of pyridine rings is 1. The molecule has 1 heterocycles. The van der Waals surface area contributed by atoms with Gasteiger partial charge in [-0.3, -0.25) is 4.79 Å². The minimum Gasteiger partial charge on any atom is -0.351 e. The maximum Gasteiger partial charge on any atom is 0.238 e. The number of nitrogens with one attached hydrogen (secondary N) is 1. The number of aromatic nitrogens is 1. The molecule has 27 heavy (non-hydrogen) atoms. The number of hydrogen-bond donors (Lipinski definition) is 2. The molecule has 1 aromatic heterocycles. The standard InChI is InChI=1S/C19H19N3O3S2/c1-13-10-19(22-17-5-3-2-4-16(13)17)26-12-18(23)21-11-14-6-8-15(9-7-14)27(20,24)25/h2-10H,11-12H2,1H3,(H,21,23)(H2,20,24,25). The summed E-state index contributed by atoms with van der Waals surface area (Å²) in [5, 5.41) is 9.78. The molecule has 3 N–H and O–H groups in total. The average molecular weight is 402 g/mol. The van der Waals surface area contributed by atoms with E-state index in [0.717, 1.165) is 27.1 Å². The summed E-state index contributed by atoms with van der Waals surface area (Å²) in [7, 11) is -3.71. The molecule has 0 fully saturated rings. The van der Waals surface area contributed by atoms with E-state index in [1.54, 1.807) is 12.1 Å². The van der Waals surface area contributed by atoms with Gasteiger partial charge in [0.05, 0.1) is 21.2 Å². The van der Waals surface area contributed by atoms with Crippen molar-refractivity contribution >= 4 is 38.6 Å². The number of nitrogens with two attached hydrogens (primary N) is 1. The second-order valence-electron chi connectivity index (χ2n) is 6.05. The van der Waals surface area contributed by atoms with Gasteiger partial charge >= 0.3 is 0 Å². The van der Waals surface area contributed by atoms with Crippen molar-refractivity contribution in [2.45, 2.75) is 23.4 Å². The Morgan fingerprint density at radius 1 is 1.15 bits per heavy atom. The lowest BCUT2D eigenvalue weighted by Gasteiger charge is -2.08. The van der Waals surface area contributed by atoms with Crippen molar-refractivity contribution in [2.24, 2.45) is 5.14 Å². The maximum absolute atomic E-state index is 12.1. The number of primary sulfonamides is 1. The highest BCUT2D eigenvalue weighted by molar-refractivity contribution is 7.99. The lowest BCUT2D eigenvalue weighted by atomic mass is 10.1. The Bertz CT molecular complexity index is 1080. The number of carbonyl (C=O) groups excluding carboxylic acids is 1. The van der Waals surface area contributed by atoms with Crippen LogP contribution in [0.3, 0.4) is 0 Å². The third-order valence-electron chi connectivity index (χ3n) is 3.99. The number of aryl methyl sites for hydroxylation is 1. The zero-order valence-corrected chi connectivity index (χ0v) is 16.3. The summed E-state index contributed by atoms with van der Waals surface area (Å²) < 4.78 is 22.5. The molecular weight excluding hydrogens is 382 g/mol. The molecule has 140 valence electrons. The Morgan fingerprint density at radius 2 is 1.85 bits per heavy atom. The third kappa shape index (κ3) is 5.06. The van der Waals surface area contributed by atoms with Gasteiger partial charge in [0.25, 0.3) is 0 Å². The van der Waals surface area contributed by atoms with Crippen molar-refractivity contribution in [3.05, 3.63) is 65.7 Å². The van der Waals surface area contributed by atoms with Gasteiger partial charge in [0.1, 0.15) is 0 Å². The lowest BCUT2D eigenvalue weighted by Crippen LogP contribution is -2.24. The zero-order valence-electron chi connectivity index (χ0n) is 14.7. The molecule has 0 bridgehead atoms. The van der Waals surface area contributed by atoms with E-state index in [9.17, 15) is 13.2 Å². The van der Waals surface area contributed by atoms with Crippen LogP contribution in [-0.2, 0) is 21.4 Å². The van der Waals surface area contributed by atoms with Gasteiger partial charge in [-0.05, 0) is 42.3 Å². The third-order valence-corrected chi connectivity index (χ3v) is 5.83. The number of nitrogens with zero attached hydrogens (tertiary/aromatic N) is 1. The van der Waals surface area contributed by atoms with E-state index in [0.29, 0.717) is 6.54 Å². The van der Waals surface area contributed by atoms with Gasteiger partial charge in [0, 0.05) is 11.9 Å². The average Bonchev–Trinajstić information content (AvgIpc) is 2.64. The minimum absolute atomic E-state index is 0.0471. The molecule has 8 heteroatoms. The van der Waals surface area contributed by atoms with E-state index in [1.165, 1.54) is 23.9 Å². The molecule has 1 amide bonds. The predicted octanol–water partition coefficient (Wildman–Crippen LogP) is 2.60. The van der Waals surface area contributed by atoms with E-state index in [-0.39, 0.29) is 16.6 Å². The molecular formula is C19H19N3O3S2. The molecule has 0 unspecified atom stereocenters. The quantitative estimate of drug-likeness (QED) is 0.618. The molecule has 0 spiro atoms. The molecule has 0 atom stereocenters. The maximum atomic E-state index is 12.1. The number of thioether (sulfide) groups is 1. The second kappa shape index (κ2) is 8.08. The van der Waals surface area contributed by atoms with Gasteiger partial charge in [0.15, 0.2) is 0 Å². The predicted molar refractivity (Wildman–Crippen MR) is 107 cm³/mol. The number of para-hydroxylation sites is 1. The monoisotopic (exact) mass is 401 g/mol. The van der Waals surface area contributed by atoms with Crippen LogP contribution in [0.25, 0.3) is 10.9 Å². The summed E-state index contributed by atoms with van der Waals surface area (Å²) in [5.41, 5.74) is 2.83. The van der Waals surface area contributed by atoms with Crippen molar-refractivity contribution in [1.29, 1.82) is 0 Å². The Balaban J connectivity index is 1.56. The molecule has 0 aliphatic rings. The fraction of sp³-hybridized carbons (Fsp3) is 0.158. The first-order valence-electron chi connectivity index (χ1n) is 8.20. The van der Waals surface area contributed by atoms with Crippen molar-refractivity contribution < 1.29 is 13.2 Å². The van der Waals surface area contributed by atoms with Crippen LogP contribution in [0.5, 0.6) is 0 Å². The Labute approximate surface area is 162 Å². The van der Waals surface area contributed by atoms with E-state index in [2.05, 4.69) is 10.3 Å². The van der Waals surface area contributed by atoms with Crippen LogP contribution in [0.1, 0.15) is 11.1 Å². The summed E-state index contributed by atoms with van der Waals surface area (Å²) >= 11 is 1.38. The fourth-order valence-corrected chi connectivity index (χ4v) is 3.90. The first-order valence-corrected chi connectivity index (χ1v) is 10.7. The number of rotatable bonds is 6. The van der Waals surface area contributed by atoms with Gasteiger partial charge in [-0.15, -0.1) is 0 Å². The normalized spacial score (nSPS) is 11.5. The molecule has 2 aromatic carbocycles. The van der Waals surface area contributed by atoms with Crippen LogP contribution < -0.4 is 10.5 Å².